The van der Waals surface area contributed by atoms with Gasteiger partial charge in [0.15, 0.2) is 0 Å². The van der Waals surface area contributed by atoms with Crippen molar-refractivity contribution in [3.8, 4) is 0 Å². The number of rotatable bonds is 5. The maximum Gasteiger partial charge on any atom is 0.0204 e. The van der Waals surface area contributed by atoms with E-state index in [1.165, 1.54) is 51.5 Å². The van der Waals surface area contributed by atoms with E-state index in [1.807, 2.05) is 0 Å². The Morgan fingerprint density at radius 1 is 0.933 bits per heavy atom. The minimum atomic E-state index is 0.522. The van der Waals surface area contributed by atoms with Crippen LogP contribution in [-0.4, -0.2) is 50.1 Å². The number of nitrogens with zero attached hydrogens (tertiary/aromatic N) is 2. The summed E-state index contributed by atoms with van der Waals surface area (Å²) in [6.07, 6.45) is 9.84. The van der Waals surface area contributed by atoms with Crippen LogP contribution in [0.15, 0.2) is 0 Å². The standard InChI is InChI=1S/C13H28N2/c1-14(2)12-8-11-13(15(3)4)9-6-5-7-10-13/h5-12H2,1-4H3. The predicted molar refractivity (Wildman–Crippen MR) is 67.3 cm³/mol. The van der Waals surface area contributed by atoms with Gasteiger partial charge in [0.05, 0.1) is 0 Å². The molecular formula is C13H28N2. The molecule has 1 saturated carbocycles. The monoisotopic (exact) mass is 212 g/mol. The van der Waals surface area contributed by atoms with E-state index in [9.17, 15) is 0 Å². The van der Waals surface area contributed by atoms with E-state index in [0.717, 1.165) is 0 Å². The van der Waals surface area contributed by atoms with Gasteiger partial charge in [-0.3, -0.25) is 0 Å². The molecule has 0 bridgehead atoms. The molecule has 0 aliphatic heterocycles. The summed E-state index contributed by atoms with van der Waals surface area (Å²) in [5, 5.41) is 0. The molecule has 1 rings (SSSR count). The summed E-state index contributed by atoms with van der Waals surface area (Å²) in [5.41, 5.74) is 0.522. The minimum Gasteiger partial charge on any atom is -0.309 e. The molecule has 2 heteroatoms. The molecule has 1 aliphatic rings. The normalized spacial score (nSPS) is 21.2. The van der Waals surface area contributed by atoms with Crippen LogP contribution in [0.5, 0.6) is 0 Å². The SMILES string of the molecule is CN(C)CCCC1(N(C)C)CCCCC1. The van der Waals surface area contributed by atoms with Crippen LogP contribution in [0, 0.1) is 0 Å². The largest absolute Gasteiger partial charge is 0.309 e. The summed E-state index contributed by atoms with van der Waals surface area (Å²) >= 11 is 0. The first-order valence-corrected chi connectivity index (χ1v) is 6.39. The molecule has 0 radical (unpaired) electrons. The highest BCUT2D eigenvalue weighted by atomic mass is 15.1. The van der Waals surface area contributed by atoms with E-state index >= 15 is 0 Å². The van der Waals surface area contributed by atoms with Crippen molar-refractivity contribution in [1.82, 2.24) is 9.80 Å². The maximum absolute atomic E-state index is 2.49. The molecule has 0 aromatic carbocycles. The molecule has 90 valence electrons. The van der Waals surface area contributed by atoms with E-state index in [-0.39, 0.29) is 0 Å². The lowest BCUT2D eigenvalue weighted by molar-refractivity contribution is 0.0857. The highest BCUT2D eigenvalue weighted by Gasteiger charge is 2.33. The lowest BCUT2D eigenvalue weighted by Crippen LogP contribution is -2.46. The molecule has 15 heavy (non-hydrogen) atoms. The molecule has 0 aromatic heterocycles. The Labute approximate surface area is 95.6 Å². The van der Waals surface area contributed by atoms with Crippen molar-refractivity contribution in [2.24, 2.45) is 0 Å². The Morgan fingerprint density at radius 2 is 1.53 bits per heavy atom. The average molecular weight is 212 g/mol. The predicted octanol–water partition coefficient (Wildman–Crippen LogP) is 2.59. The van der Waals surface area contributed by atoms with E-state index in [2.05, 4.69) is 38.0 Å². The second kappa shape index (κ2) is 5.86. The second-order valence-electron chi connectivity index (χ2n) is 5.59. The molecule has 1 aliphatic carbocycles. The van der Waals surface area contributed by atoms with Crippen molar-refractivity contribution in [3.05, 3.63) is 0 Å². The van der Waals surface area contributed by atoms with Crippen LogP contribution in [0.1, 0.15) is 44.9 Å². The van der Waals surface area contributed by atoms with Gasteiger partial charge >= 0.3 is 0 Å². The van der Waals surface area contributed by atoms with Gasteiger partial charge in [0.2, 0.25) is 0 Å². The quantitative estimate of drug-likeness (QED) is 0.691. The third-order valence-corrected chi connectivity index (χ3v) is 3.98. The van der Waals surface area contributed by atoms with Crippen LogP contribution >= 0.6 is 0 Å². The Morgan fingerprint density at radius 3 is 2.00 bits per heavy atom. The maximum atomic E-state index is 2.49. The Hall–Kier alpha value is -0.0800. The Kier molecular flexibility index (Phi) is 5.07. The highest BCUT2D eigenvalue weighted by molar-refractivity contribution is 4.90. The van der Waals surface area contributed by atoms with Crippen LogP contribution < -0.4 is 0 Å². The first-order valence-electron chi connectivity index (χ1n) is 6.39. The van der Waals surface area contributed by atoms with Gasteiger partial charge in [0, 0.05) is 5.54 Å². The van der Waals surface area contributed by atoms with Crippen molar-refractivity contribution >= 4 is 0 Å². The van der Waals surface area contributed by atoms with Gasteiger partial charge in [-0.15, -0.1) is 0 Å². The smallest absolute Gasteiger partial charge is 0.0204 e. The molecule has 0 N–H and O–H groups in total. The van der Waals surface area contributed by atoms with Crippen LogP contribution in [0.3, 0.4) is 0 Å². The lowest BCUT2D eigenvalue weighted by Gasteiger charge is -2.43. The van der Waals surface area contributed by atoms with Gasteiger partial charge in [0.1, 0.15) is 0 Å². The third kappa shape index (κ3) is 3.76. The summed E-state index contributed by atoms with van der Waals surface area (Å²) < 4.78 is 0. The average Bonchev–Trinajstić information content (AvgIpc) is 2.18. The van der Waals surface area contributed by atoms with Crippen molar-refractivity contribution in [2.45, 2.75) is 50.5 Å². The van der Waals surface area contributed by atoms with Crippen molar-refractivity contribution in [2.75, 3.05) is 34.7 Å². The van der Waals surface area contributed by atoms with Crippen LogP contribution in [-0.2, 0) is 0 Å². The molecule has 0 saturated heterocycles. The van der Waals surface area contributed by atoms with E-state index < -0.39 is 0 Å². The molecule has 0 unspecified atom stereocenters. The van der Waals surface area contributed by atoms with Gasteiger partial charge in [0.25, 0.3) is 0 Å². The fourth-order valence-electron chi connectivity index (χ4n) is 2.86. The molecule has 0 atom stereocenters. The van der Waals surface area contributed by atoms with Gasteiger partial charge < -0.3 is 9.80 Å². The van der Waals surface area contributed by atoms with Gasteiger partial charge in [-0.2, -0.15) is 0 Å². The summed E-state index contributed by atoms with van der Waals surface area (Å²) in [4.78, 5) is 4.79. The van der Waals surface area contributed by atoms with Crippen molar-refractivity contribution in [1.29, 1.82) is 0 Å². The molecule has 0 spiro atoms. The number of hydrogen-bond donors (Lipinski definition) is 0. The zero-order valence-electron chi connectivity index (χ0n) is 11.1. The Balaban J connectivity index is 2.42. The molecule has 0 aromatic rings. The fourth-order valence-corrected chi connectivity index (χ4v) is 2.86. The Bertz CT molecular complexity index is 169. The topological polar surface area (TPSA) is 6.48 Å². The zero-order valence-corrected chi connectivity index (χ0v) is 11.1. The highest BCUT2D eigenvalue weighted by Crippen LogP contribution is 2.35. The van der Waals surface area contributed by atoms with Gasteiger partial charge in [-0.25, -0.2) is 0 Å². The van der Waals surface area contributed by atoms with Crippen LogP contribution in [0.4, 0.5) is 0 Å². The first-order chi connectivity index (χ1) is 7.07. The van der Waals surface area contributed by atoms with Crippen molar-refractivity contribution in [3.63, 3.8) is 0 Å². The molecular weight excluding hydrogens is 184 g/mol. The van der Waals surface area contributed by atoms with E-state index in [0.29, 0.717) is 5.54 Å². The van der Waals surface area contributed by atoms with E-state index in [4.69, 9.17) is 0 Å². The molecule has 2 nitrogen and oxygen atoms in total. The van der Waals surface area contributed by atoms with Crippen LogP contribution in [0.25, 0.3) is 0 Å². The summed E-state index contributed by atoms with van der Waals surface area (Å²) in [6, 6.07) is 0. The lowest BCUT2D eigenvalue weighted by atomic mass is 9.77. The second-order valence-corrected chi connectivity index (χ2v) is 5.59. The molecule has 0 amide bonds. The fraction of sp³-hybridized carbons (Fsp3) is 1.00. The summed E-state index contributed by atoms with van der Waals surface area (Å²) in [5.74, 6) is 0. The summed E-state index contributed by atoms with van der Waals surface area (Å²) in [6.45, 7) is 1.23. The molecule has 0 heterocycles. The zero-order chi connectivity index (χ0) is 11.3. The van der Waals surface area contributed by atoms with Crippen molar-refractivity contribution < 1.29 is 0 Å². The minimum absolute atomic E-state index is 0.522. The van der Waals surface area contributed by atoms with E-state index in [1.54, 1.807) is 0 Å². The first kappa shape index (κ1) is 13.0. The number of hydrogen-bond acceptors (Lipinski definition) is 2. The third-order valence-electron chi connectivity index (χ3n) is 3.98. The summed E-state index contributed by atoms with van der Waals surface area (Å²) in [7, 11) is 8.87. The van der Waals surface area contributed by atoms with Gasteiger partial charge in [-0.05, 0) is 60.4 Å². The van der Waals surface area contributed by atoms with Gasteiger partial charge in [-0.1, -0.05) is 19.3 Å². The molecule has 1 fully saturated rings. The van der Waals surface area contributed by atoms with Crippen LogP contribution in [0.2, 0.25) is 0 Å².